The normalized spacial score (nSPS) is 26.0. The molecule has 1 aliphatic heterocycles. The summed E-state index contributed by atoms with van der Waals surface area (Å²) < 4.78 is 5.31. The molecule has 0 amide bonds. The van der Waals surface area contributed by atoms with Crippen molar-refractivity contribution in [3.05, 3.63) is 34.9 Å². The minimum Gasteiger partial charge on any atom is -0.370 e. The van der Waals surface area contributed by atoms with Gasteiger partial charge in [-0.25, -0.2) is 0 Å². The van der Waals surface area contributed by atoms with E-state index >= 15 is 0 Å². The van der Waals surface area contributed by atoms with E-state index in [4.69, 9.17) is 16.3 Å². The Morgan fingerprint density at radius 3 is 2.77 bits per heavy atom. The van der Waals surface area contributed by atoms with Crippen molar-refractivity contribution >= 4 is 11.6 Å². The van der Waals surface area contributed by atoms with Crippen LogP contribution in [0, 0.1) is 0 Å². The molecule has 1 nitrogen and oxygen atoms in total. The van der Waals surface area contributed by atoms with Crippen LogP contribution in [0.15, 0.2) is 24.3 Å². The molecule has 0 saturated carbocycles. The van der Waals surface area contributed by atoms with Gasteiger partial charge in [0.15, 0.2) is 0 Å². The quantitative estimate of drug-likeness (QED) is 0.677. The Balaban J connectivity index is 1.97. The summed E-state index contributed by atoms with van der Waals surface area (Å²) in [6.45, 7) is 3.04. The van der Waals surface area contributed by atoms with Crippen molar-refractivity contribution in [2.75, 3.05) is 6.61 Å². The van der Waals surface area contributed by atoms with E-state index in [9.17, 15) is 0 Å². The second-order valence-corrected chi connectivity index (χ2v) is 4.24. The summed E-state index contributed by atoms with van der Waals surface area (Å²) in [5.41, 5.74) is 1.36. The fraction of sp³-hybridized carbons (Fsp3) is 0.455. The maximum Gasteiger partial charge on any atom is 0.0891 e. The van der Waals surface area contributed by atoms with Crippen LogP contribution in [0.1, 0.15) is 18.9 Å². The minimum atomic E-state index is 0.138. The second-order valence-electron chi connectivity index (χ2n) is 3.83. The topological polar surface area (TPSA) is 12.5 Å². The van der Waals surface area contributed by atoms with E-state index in [0.29, 0.717) is 0 Å². The highest BCUT2D eigenvalue weighted by Crippen LogP contribution is 2.32. The van der Waals surface area contributed by atoms with E-state index in [1.165, 1.54) is 5.56 Å². The first kappa shape index (κ1) is 9.04. The van der Waals surface area contributed by atoms with Crippen LogP contribution in [0.4, 0.5) is 0 Å². The highest BCUT2D eigenvalue weighted by molar-refractivity contribution is 6.31. The van der Waals surface area contributed by atoms with Gasteiger partial charge in [-0.1, -0.05) is 29.8 Å². The number of benzene rings is 1. The number of epoxide rings is 1. The molecule has 1 fully saturated rings. The molecule has 1 aliphatic rings. The maximum absolute atomic E-state index is 6.03. The summed E-state index contributed by atoms with van der Waals surface area (Å²) in [6, 6.07) is 8.00. The summed E-state index contributed by atoms with van der Waals surface area (Å²) >= 11 is 6.03. The van der Waals surface area contributed by atoms with Crippen LogP contribution in [-0.2, 0) is 11.2 Å². The number of hydrogen-bond donors (Lipinski definition) is 0. The largest absolute Gasteiger partial charge is 0.370 e. The van der Waals surface area contributed by atoms with Gasteiger partial charge in [-0.15, -0.1) is 0 Å². The molecule has 2 heteroatoms. The number of aryl methyl sites for hydroxylation is 1. The van der Waals surface area contributed by atoms with Crippen LogP contribution in [0.2, 0.25) is 5.02 Å². The lowest BCUT2D eigenvalue weighted by Gasteiger charge is -2.06. The molecule has 0 aromatic heterocycles. The molecule has 0 N–H and O–H groups in total. The molecule has 70 valence electrons. The third-order valence-electron chi connectivity index (χ3n) is 2.52. The molecule has 13 heavy (non-hydrogen) atoms. The first-order valence-corrected chi connectivity index (χ1v) is 4.95. The number of halogens is 1. The van der Waals surface area contributed by atoms with E-state index < -0.39 is 0 Å². The predicted molar refractivity (Wildman–Crippen MR) is 54.1 cm³/mol. The Kier molecular flexibility index (Phi) is 2.31. The smallest absolute Gasteiger partial charge is 0.0891 e. The van der Waals surface area contributed by atoms with Gasteiger partial charge in [0.1, 0.15) is 0 Å². The second kappa shape index (κ2) is 3.32. The Bertz CT molecular complexity index is 305. The number of rotatable bonds is 3. The van der Waals surface area contributed by atoms with E-state index in [-0.39, 0.29) is 5.60 Å². The van der Waals surface area contributed by atoms with Gasteiger partial charge in [-0.05, 0) is 31.4 Å². The molecular formula is C11H13ClO. The standard InChI is InChI=1S/C11H13ClO/c1-11(8-13-11)7-6-9-4-2-3-5-10(9)12/h2-5H,6-8H2,1H3. The molecule has 1 aromatic carbocycles. The summed E-state index contributed by atoms with van der Waals surface area (Å²) in [6.07, 6.45) is 2.08. The van der Waals surface area contributed by atoms with E-state index in [1.807, 2.05) is 18.2 Å². The van der Waals surface area contributed by atoms with Gasteiger partial charge < -0.3 is 4.74 Å². The lowest BCUT2D eigenvalue weighted by molar-refractivity contribution is 0.309. The van der Waals surface area contributed by atoms with Crippen LogP contribution < -0.4 is 0 Å². The van der Waals surface area contributed by atoms with Gasteiger partial charge in [-0.3, -0.25) is 0 Å². The molecule has 0 spiro atoms. The SMILES string of the molecule is CC1(CCc2ccccc2Cl)CO1. The average molecular weight is 197 g/mol. The number of ether oxygens (including phenoxy) is 1. The van der Waals surface area contributed by atoms with Crippen LogP contribution >= 0.6 is 11.6 Å². The van der Waals surface area contributed by atoms with Crippen molar-refractivity contribution in [1.29, 1.82) is 0 Å². The summed E-state index contributed by atoms with van der Waals surface area (Å²) in [7, 11) is 0. The lowest BCUT2D eigenvalue weighted by Crippen LogP contribution is -2.05. The zero-order chi connectivity index (χ0) is 9.31. The summed E-state index contributed by atoms with van der Waals surface area (Å²) in [4.78, 5) is 0. The van der Waals surface area contributed by atoms with Gasteiger partial charge in [0.25, 0.3) is 0 Å². The van der Waals surface area contributed by atoms with Crippen LogP contribution in [0.5, 0.6) is 0 Å². The fourth-order valence-electron chi connectivity index (χ4n) is 1.37. The summed E-state index contributed by atoms with van der Waals surface area (Å²) in [5, 5.41) is 0.867. The van der Waals surface area contributed by atoms with Crippen LogP contribution in [0.25, 0.3) is 0 Å². The van der Waals surface area contributed by atoms with Gasteiger partial charge in [-0.2, -0.15) is 0 Å². The molecule has 1 atom stereocenters. The zero-order valence-corrected chi connectivity index (χ0v) is 8.47. The van der Waals surface area contributed by atoms with Crippen molar-refractivity contribution in [3.63, 3.8) is 0 Å². The minimum absolute atomic E-state index is 0.138. The monoisotopic (exact) mass is 196 g/mol. The molecule has 1 aromatic rings. The molecular weight excluding hydrogens is 184 g/mol. The Hall–Kier alpha value is -0.530. The van der Waals surface area contributed by atoms with Crippen LogP contribution in [-0.4, -0.2) is 12.2 Å². The molecule has 1 saturated heterocycles. The maximum atomic E-state index is 6.03. The average Bonchev–Trinajstić information content (AvgIpc) is 2.83. The first-order valence-electron chi connectivity index (χ1n) is 4.57. The van der Waals surface area contributed by atoms with Gasteiger partial charge in [0.05, 0.1) is 12.2 Å². The Morgan fingerprint density at radius 1 is 1.46 bits per heavy atom. The first-order chi connectivity index (χ1) is 6.20. The van der Waals surface area contributed by atoms with E-state index in [1.54, 1.807) is 0 Å². The molecule has 0 aliphatic carbocycles. The predicted octanol–water partition coefficient (Wildman–Crippen LogP) is 3.06. The Morgan fingerprint density at radius 2 is 2.15 bits per heavy atom. The van der Waals surface area contributed by atoms with E-state index in [2.05, 4.69) is 13.0 Å². The molecule has 1 unspecified atom stereocenters. The highest BCUT2D eigenvalue weighted by atomic mass is 35.5. The Labute approximate surface area is 83.7 Å². The highest BCUT2D eigenvalue weighted by Gasteiger charge is 2.38. The summed E-state index contributed by atoms with van der Waals surface area (Å²) in [5.74, 6) is 0. The van der Waals surface area contributed by atoms with Gasteiger partial charge in [0.2, 0.25) is 0 Å². The molecule has 0 radical (unpaired) electrons. The van der Waals surface area contributed by atoms with Crippen molar-refractivity contribution in [2.24, 2.45) is 0 Å². The van der Waals surface area contributed by atoms with Crippen LogP contribution in [0.3, 0.4) is 0 Å². The van der Waals surface area contributed by atoms with Crippen molar-refractivity contribution in [1.82, 2.24) is 0 Å². The van der Waals surface area contributed by atoms with Gasteiger partial charge >= 0.3 is 0 Å². The zero-order valence-electron chi connectivity index (χ0n) is 7.72. The number of hydrogen-bond acceptors (Lipinski definition) is 1. The molecule has 2 rings (SSSR count). The molecule has 1 heterocycles. The third-order valence-corrected chi connectivity index (χ3v) is 2.89. The van der Waals surface area contributed by atoms with Crippen molar-refractivity contribution in [3.8, 4) is 0 Å². The van der Waals surface area contributed by atoms with Crippen molar-refractivity contribution in [2.45, 2.75) is 25.4 Å². The van der Waals surface area contributed by atoms with Crippen molar-refractivity contribution < 1.29 is 4.74 Å². The lowest BCUT2D eigenvalue weighted by atomic mass is 10.0. The fourth-order valence-corrected chi connectivity index (χ4v) is 1.60. The molecule has 0 bridgehead atoms. The van der Waals surface area contributed by atoms with E-state index in [0.717, 1.165) is 24.5 Å². The third kappa shape index (κ3) is 2.23. The van der Waals surface area contributed by atoms with Gasteiger partial charge in [0, 0.05) is 5.02 Å².